The number of ether oxygens (including phenoxy) is 1. The molecule has 0 fully saturated rings. The maximum absolute atomic E-state index is 13.0. The molecule has 12 nitrogen and oxygen atoms in total. The average Bonchev–Trinajstić information content (AvgIpc) is 2.87. The molecule has 13 heteroatoms. The first-order valence-electron chi connectivity index (χ1n) is 10.6. The van der Waals surface area contributed by atoms with E-state index in [0.29, 0.717) is 16.5 Å². The molecule has 0 unspecified atom stereocenters. The summed E-state index contributed by atoms with van der Waals surface area (Å²) in [4.78, 5) is 51.4. The Morgan fingerprint density at radius 3 is 2.39 bits per heavy atom. The van der Waals surface area contributed by atoms with Gasteiger partial charge in [0, 0.05) is 5.02 Å². The molecule has 2 aromatic carbocycles. The highest BCUT2D eigenvalue weighted by Crippen LogP contribution is 2.22. The number of benzene rings is 2. The summed E-state index contributed by atoms with van der Waals surface area (Å²) in [6.07, 6.45) is 2.47. The van der Waals surface area contributed by atoms with E-state index >= 15 is 0 Å². The van der Waals surface area contributed by atoms with Crippen LogP contribution in [0.25, 0.3) is 0 Å². The number of carbonyl (C=O) groups excluding carboxylic acids is 1. The van der Waals surface area contributed by atoms with Crippen LogP contribution in [0.4, 0.5) is 5.69 Å². The number of aromatic amines is 1. The number of nitrogens with one attached hydrogen (secondary N) is 1. The molecule has 2 aromatic heterocycles. The van der Waals surface area contributed by atoms with E-state index in [1.165, 1.54) is 17.0 Å². The monoisotopic (exact) mass is 509 g/mol. The van der Waals surface area contributed by atoms with E-state index in [2.05, 4.69) is 19.9 Å². The summed E-state index contributed by atoms with van der Waals surface area (Å²) in [5, 5.41) is 9.80. The van der Waals surface area contributed by atoms with E-state index in [1.54, 1.807) is 48.5 Å². The van der Waals surface area contributed by atoms with Crippen molar-refractivity contribution in [3.05, 3.63) is 104 Å². The summed E-state index contributed by atoms with van der Waals surface area (Å²) in [6, 6.07) is 13.3. The molecule has 0 saturated carbocycles. The molecule has 0 bridgehead atoms. The number of halogens is 1. The van der Waals surface area contributed by atoms with Crippen molar-refractivity contribution in [3.63, 3.8) is 0 Å². The van der Waals surface area contributed by atoms with Crippen LogP contribution < -0.4 is 27.5 Å². The molecular weight excluding hydrogens is 490 g/mol. The van der Waals surface area contributed by atoms with Gasteiger partial charge in [-0.3, -0.25) is 14.3 Å². The lowest BCUT2D eigenvalue weighted by Gasteiger charge is -2.10. The molecule has 0 atom stereocenters. The lowest BCUT2D eigenvalue weighted by molar-refractivity contribution is 0.0995. The van der Waals surface area contributed by atoms with E-state index in [4.69, 9.17) is 22.1 Å². The van der Waals surface area contributed by atoms with Crippen molar-refractivity contribution in [3.8, 4) is 11.6 Å². The number of amides is 1. The topological polar surface area (TPSA) is 170 Å². The van der Waals surface area contributed by atoms with Gasteiger partial charge in [-0.1, -0.05) is 23.7 Å². The van der Waals surface area contributed by atoms with Crippen molar-refractivity contribution >= 4 is 23.2 Å². The smallest absolute Gasteiger partial charge is 0.335 e. The molecule has 0 spiro atoms. The van der Waals surface area contributed by atoms with E-state index in [9.17, 15) is 19.5 Å². The van der Waals surface area contributed by atoms with Gasteiger partial charge in [0.05, 0.1) is 37.8 Å². The van der Waals surface area contributed by atoms with Crippen LogP contribution in [0.15, 0.2) is 75.5 Å². The minimum atomic E-state index is -0.699. The van der Waals surface area contributed by atoms with Gasteiger partial charge in [-0.05, 0) is 42.0 Å². The predicted octanol–water partition coefficient (Wildman–Crippen LogP) is 0.946. The van der Waals surface area contributed by atoms with Crippen LogP contribution >= 0.6 is 11.6 Å². The van der Waals surface area contributed by atoms with Crippen molar-refractivity contribution in [2.75, 3.05) is 6.61 Å². The first kappa shape index (κ1) is 24.6. The second kappa shape index (κ2) is 10.8. The molecule has 2 heterocycles. The minimum absolute atomic E-state index is 0.0123. The number of H-pyrrole nitrogens is 1. The van der Waals surface area contributed by atoms with Gasteiger partial charge in [-0.25, -0.2) is 29.1 Å². The third-order valence-electron chi connectivity index (χ3n) is 4.93. The number of nitrogens with two attached hydrogens (primary N) is 1. The summed E-state index contributed by atoms with van der Waals surface area (Å²) in [7, 11) is 0. The first-order chi connectivity index (χ1) is 17.3. The van der Waals surface area contributed by atoms with Crippen LogP contribution in [-0.2, 0) is 13.1 Å². The van der Waals surface area contributed by atoms with Gasteiger partial charge in [0.25, 0.3) is 5.91 Å². The molecule has 1 amide bonds. The van der Waals surface area contributed by atoms with Crippen LogP contribution in [0.3, 0.4) is 0 Å². The molecule has 0 saturated heterocycles. The fraction of sp³-hybridized carbons (Fsp3) is 0.130. The fourth-order valence-electron chi connectivity index (χ4n) is 3.18. The normalized spacial score (nSPS) is 11.4. The molecule has 0 aliphatic heterocycles. The molecule has 0 radical (unpaired) electrons. The Hall–Kier alpha value is -4.55. The summed E-state index contributed by atoms with van der Waals surface area (Å²) in [5.74, 6) is -0.131. The van der Waals surface area contributed by atoms with E-state index in [1.807, 2.05) is 0 Å². The van der Waals surface area contributed by atoms with Gasteiger partial charge < -0.3 is 15.6 Å². The third kappa shape index (κ3) is 5.74. The minimum Gasteiger partial charge on any atom is -0.438 e. The van der Waals surface area contributed by atoms with E-state index in [0.717, 1.165) is 10.1 Å². The Balaban J connectivity index is 1.67. The van der Waals surface area contributed by atoms with Crippen molar-refractivity contribution < 1.29 is 14.6 Å². The Bertz CT molecular complexity index is 1560. The zero-order valence-electron chi connectivity index (χ0n) is 18.7. The second-order valence-electron chi connectivity index (χ2n) is 7.44. The standard InChI is InChI=1S/C23H20ClN7O5/c24-15-3-1-14(2-4-15)13-31-21(29-22(34)30(9-10-32)23(31)35)28-16-5-7-17(8-6-16)36-19-12-26-18(11-27-19)20(25)33/h1-8,11-12,32H,9-10,13H2,(H2,25,33)(H,28,29,34). The molecule has 184 valence electrons. The molecule has 36 heavy (non-hydrogen) atoms. The third-order valence-corrected chi connectivity index (χ3v) is 5.19. The number of carbonyl (C=O) groups is 1. The van der Waals surface area contributed by atoms with Gasteiger partial charge in [-0.2, -0.15) is 0 Å². The van der Waals surface area contributed by atoms with Crippen molar-refractivity contribution in [1.29, 1.82) is 0 Å². The number of hydrogen-bond acceptors (Lipinski definition) is 8. The van der Waals surface area contributed by atoms with E-state index in [-0.39, 0.29) is 36.9 Å². The maximum atomic E-state index is 13.0. The molecular formula is C23H20ClN7O5. The molecule has 4 rings (SSSR count). The maximum Gasteiger partial charge on any atom is 0.335 e. The van der Waals surface area contributed by atoms with Gasteiger partial charge in [0.2, 0.25) is 11.5 Å². The quantitative estimate of drug-likeness (QED) is 0.317. The fourth-order valence-corrected chi connectivity index (χ4v) is 3.31. The highest BCUT2D eigenvalue weighted by atomic mass is 35.5. The summed E-state index contributed by atoms with van der Waals surface area (Å²) >= 11 is 5.95. The van der Waals surface area contributed by atoms with Crippen molar-refractivity contribution in [1.82, 2.24) is 24.1 Å². The van der Waals surface area contributed by atoms with Crippen LogP contribution in [0.2, 0.25) is 5.02 Å². The van der Waals surface area contributed by atoms with Crippen molar-refractivity contribution in [2.45, 2.75) is 13.1 Å². The van der Waals surface area contributed by atoms with Crippen LogP contribution in [0, 0.1) is 0 Å². The lowest BCUT2D eigenvalue weighted by atomic mass is 10.2. The number of nitrogens with zero attached hydrogens (tertiary/aromatic N) is 5. The SMILES string of the molecule is NC(=O)c1cnc(Oc2ccc(/N=c3\[nH]c(=O)n(CCO)c(=O)n3Cc3ccc(Cl)cc3)cc2)cn1. The second-order valence-corrected chi connectivity index (χ2v) is 7.87. The van der Waals surface area contributed by atoms with Gasteiger partial charge in [-0.15, -0.1) is 0 Å². The van der Waals surface area contributed by atoms with Crippen molar-refractivity contribution in [2.24, 2.45) is 10.7 Å². The summed E-state index contributed by atoms with van der Waals surface area (Å²) in [5.41, 5.74) is 5.04. The molecule has 4 N–H and O–H groups in total. The molecule has 0 aliphatic rings. The van der Waals surface area contributed by atoms with Crippen LogP contribution in [0.5, 0.6) is 11.6 Å². The van der Waals surface area contributed by atoms with Crippen LogP contribution in [-0.4, -0.2) is 41.7 Å². The van der Waals surface area contributed by atoms with Gasteiger partial charge in [0.15, 0.2) is 0 Å². The predicted molar refractivity (Wildman–Crippen MR) is 129 cm³/mol. The highest BCUT2D eigenvalue weighted by Gasteiger charge is 2.10. The van der Waals surface area contributed by atoms with E-state index < -0.39 is 17.3 Å². The Labute approximate surface area is 208 Å². The average molecular weight is 510 g/mol. The number of primary amides is 1. The Morgan fingerprint density at radius 1 is 1.06 bits per heavy atom. The zero-order valence-corrected chi connectivity index (χ0v) is 19.4. The Morgan fingerprint density at radius 2 is 1.78 bits per heavy atom. The number of aliphatic hydroxyl groups is 1. The highest BCUT2D eigenvalue weighted by molar-refractivity contribution is 6.30. The number of aromatic nitrogens is 5. The largest absolute Gasteiger partial charge is 0.438 e. The number of aliphatic hydroxyl groups excluding tert-OH is 1. The number of rotatable bonds is 8. The molecule has 0 aliphatic carbocycles. The van der Waals surface area contributed by atoms with Crippen LogP contribution in [0.1, 0.15) is 16.1 Å². The van der Waals surface area contributed by atoms with Gasteiger partial charge >= 0.3 is 11.4 Å². The lowest BCUT2D eigenvalue weighted by Crippen LogP contribution is -2.50. The Kier molecular flexibility index (Phi) is 7.37. The first-order valence-corrected chi connectivity index (χ1v) is 11.0. The summed E-state index contributed by atoms with van der Waals surface area (Å²) in [6.45, 7) is -0.430. The molecule has 4 aromatic rings. The number of hydrogen-bond donors (Lipinski definition) is 3. The van der Waals surface area contributed by atoms with Gasteiger partial charge in [0.1, 0.15) is 11.4 Å². The zero-order chi connectivity index (χ0) is 25.7. The summed E-state index contributed by atoms with van der Waals surface area (Å²) < 4.78 is 7.78.